The Kier molecular flexibility index (Phi) is 5.14. The Morgan fingerprint density at radius 3 is 2.48 bits per heavy atom. The topological polar surface area (TPSA) is 83.2 Å². The van der Waals surface area contributed by atoms with Crippen molar-refractivity contribution in [3.05, 3.63) is 71.2 Å². The predicted octanol–water partition coefficient (Wildman–Crippen LogP) is 3.33. The quantitative estimate of drug-likeness (QED) is 0.474. The molecule has 0 saturated carbocycles. The van der Waals surface area contributed by atoms with E-state index in [1.165, 1.54) is 21.5 Å². The molecule has 0 unspecified atom stereocenters. The Morgan fingerprint density at radius 2 is 1.84 bits per heavy atom. The molecule has 9 heteroatoms. The normalized spacial score (nSPS) is 11.7. The molecule has 31 heavy (non-hydrogen) atoms. The average Bonchev–Trinajstić information content (AvgIpc) is 3.16. The summed E-state index contributed by atoms with van der Waals surface area (Å²) >= 11 is 0. The second-order valence-electron chi connectivity index (χ2n) is 7.15. The summed E-state index contributed by atoms with van der Waals surface area (Å²) in [6.45, 7) is 2.21. The van der Waals surface area contributed by atoms with Crippen molar-refractivity contribution >= 4 is 20.6 Å². The number of fused-ring (bicyclic) bond motifs is 1. The summed E-state index contributed by atoms with van der Waals surface area (Å²) in [5.41, 5.74) is 1.49. The Labute approximate surface area is 178 Å². The SMILES string of the molecule is CCOc1ccc(S(C)(=O)=O)cc1-c1cn(C)c(=O)c2ccc(-n3cc(F)cn3)cc12. The van der Waals surface area contributed by atoms with Gasteiger partial charge in [0, 0.05) is 36.0 Å². The lowest BCUT2D eigenvalue weighted by Gasteiger charge is -2.16. The molecule has 0 saturated heterocycles. The minimum absolute atomic E-state index is 0.137. The van der Waals surface area contributed by atoms with Crippen molar-refractivity contribution in [1.82, 2.24) is 14.3 Å². The van der Waals surface area contributed by atoms with Gasteiger partial charge in [-0.25, -0.2) is 17.5 Å². The van der Waals surface area contributed by atoms with Gasteiger partial charge in [0.1, 0.15) is 5.75 Å². The molecule has 0 spiro atoms. The Bertz CT molecular complexity index is 1470. The molecule has 2 aromatic carbocycles. The molecule has 2 heterocycles. The third-order valence-electron chi connectivity index (χ3n) is 4.95. The van der Waals surface area contributed by atoms with E-state index in [0.29, 0.717) is 39.9 Å². The molecule has 0 fully saturated rings. The van der Waals surface area contributed by atoms with Crippen LogP contribution in [0, 0.1) is 5.82 Å². The van der Waals surface area contributed by atoms with Gasteiger partial charge in [0.2, 0.25) is 0 Å². The van der Waals surface area contributed by atoms with E-state index in [1.807, 2.05) is 6.92 Å². The van der Waals surface area contributed by atoms with E-state index < -0.39 is 15.7 Å². The van der Waals surface area contributed by atoms with Crippen LogP contribution in [0.25, 0.3) is 27.6 Å². The number of aromatic nitrogens is 3. The highest BCUT2D eigenvalue weighted by Crippen LogP contribution is 2.36. The molecule has 0 N–H and O–H groups in total. The summed E-state index contributed by atoms with van der Waals surface area (Å²) in [6.07, 6.45) is 5.10. The zero-order valence-corrected chi connectivity index (χ0v) is 18.0. The smallest absolute Gasteiger partial charge is 0.258 e. The van der Waals surface area contributed by atoms with Crippen molar-refractivity contribution in [2.24, 2.45) is 7.05 Å². The molecular formula is C22H20FN3O4S. The molecule has 2 aromatic heterocycles. The molecule has 0 amide bonds. The molecule has 0 radical (unpaired) electrons. The van der Waals surface area contributed by atoms with E-state index in [1.54, 1.807) is 43.6 Å². The first-order valence-electron chi connectivity index (χ1n) is 9.50. The first kappa shape index (κ1) is 20.8. The van der Waals surface area contributed by atoms with Gasteiger partial charge in [0.05, 0.1) is 29.6 Å². The van der Waals surface area contributed by atoms with Gasteiger partial charge < -0.3 is 9.30 Å². The second-order valence-corrected chi connectivity index (χ2v) is 9.17. The van der Waals surface area contributed by atoms with Crippen LogP contribution >= 0.6 is 0 Å². The Morgan fingerprint density at radius 1 is 1.06 bits per heavy atom. The fourth-order valence-corrected chi connectivity index (χ4v) is 4.13. The van der Waals surface area contributed by atoms with Gasteiger partial charge >= 0.3 is 0 Å². The first-order chi connectivity index (χ1) is 14.7. The Balaban J connectivity index is 2.07. The fraction of sp³-hybridized carbons (Fsp3) is 0.182. The second kappa shape index (κ2) is 7.66. The predicted molar refractivity (Wildman–Crippen MR) is 116 cm³/mol. The van der Waals surface area contributed by atoms with E-state index in [9.17, 15) is 17.6 Å². The molecule has 0 aliphatic heterocycles. The molecule has 0 bridgehead atoms. The van der Waals surface area contributed by atoms with Crippen LogP contribution in [0.3, 0.4) is 0 Å². The molecule has 4 rings (SSSR count). The van der Waals surface area contributed by atoms with Crippen molar-refractivity contribution in [3.63, 3.8) is 0 Å². The number of hydrogen-bond donors (Lipinski definition) is 0. The van der Waals surface area contributed by atoms with E-state index in [2.05, 4.69) is 5.10 Å². The number of nitrogens with zero attached hydrogens (tertiary/aromatic N) is 3. The van der Waals surface area contributed by atoms with Crippen LogP contribution in [0.5, 0.6) is 5.75 Å². The highest BCUT2D eigenvalue weighted by Gasteiger charge is 2.18. The molecular weight excluding hydrogens is 421 g/mol. The summed E-state index contributed by atoms with van der Waals surface area (Å²) in [7, 11) is -1.84. The number of benzene rings is 2. The van der Waals surface area contributed by atoms with Crippen LogP contribution in [0.2, 0.25) is 0 Å². The maximum Gasteiger partial charge on any atom is 0.258 e. The van der Waals surface area contributed by atoms with Crippen molar-refractivity contribution in [1.29, 1.82) is 0 Å². The fourth-order valence-electron chi connectivity index (χ4n) is 3.48. The van der Waals surface area contributed by atoms with Gasteiger partial charge in [0.15, 0.2) is 15.7 Å². The van der Waals surface area contributed by atoms with Gasteiger partial charge in [-0.3, -0.25) is 4.79 Å². The first-order valence-corrected chi connectivity index (χ1v) is 11.4. The minimum Gasteiger partial charge on any atom is -0.493 e. The van der Waals surface area contributed by atoms with Gasteiger partial charge in [-0.2, -0.15) is 5.10 Å². The standard InChI is InChI=1S/C22H20FN3O4S/c1-4-30-21-8-6-16(31(3,28)29)10-19(21)20-13-25(2)22(27)17-7-5-15(9-18(17)20)26-12-14(23)11-24-26/h5-13H,4H2,1-3H3. The third kappa shape index (κ3) is 3.84. The summed E-state index contributed by atoms with van der Waals surface area (Å²) in [4.78, 5) is 12.9. The summed E-state index contributed by atoms with van der Waals surface area (Å²) in [5, 5.41) is 4.99. The zero-order chi connectivity index (χ0) is 22.3. The minimum atomic E-state index is -3.46. The molecule has 0 aliphatic rings. The highest BCUT2D eigenvalue weighted by molar-refractivity contribution is 7.90. The Hall–Kier alpha value is -3.46. The van der Waals surface area contributed by atoms with E-state index >= 15 is 0 Å². The number of aryl methyl sites for hydroxylation is 1. The number of ether oxygens (including phenoxy) is 1. The maximum atomic E-state index is 13.5. The van der Waals surface area contributed by atoms with Crippen LogP contribution in [-0.4, -0.2) is 35.6 Å². The van der Waals surface area contributed by atoms with Crippen molar-refractivity contribution in [2.45, 2.75) is 11.8 Å². The largest absolute Gasteiger partial charge is 0.493 e. The van der Waals surface area contributed by atoms with Gasteiger partial charge in [-0.05, 0) is 48.7 Å². The van der Waals surface area contributed by atoms with E-state index in [-0.39, 0.29) is 10.5 Å². The lowest BCUT2D eigenvalue weighted by Crippen LogP contribution is -2.17. The van der Waals surface area contributed by atoms with Crippen molar-refractivity contribution in [2.75, 3.05) is 12.9 Å². The lowest BCUT2D eigenvalue weighted by molar-refractivity contribution is 0.341. The third-order valence-corrected chi connectivity index (χ3v) is 6.06. The summed E-state index contributed by atoms with van der Waals surface area (Å²) in [5.74, 6) is 0.00849. The molecule has 4 aromatic rings. The lowest BCUT2D eigenvalue weighted by atomic mass is 9.99. The van der Waals surface area contributed by atoms with Crippen LogP contribution in [-0.2, 0) is 16.9 Å². The molecule has 160 valence electrons. The average molecular weight is 441 g/mol. The van der Waals surface area contributed by atoms with Gasteiger partial charge in [0.25, 0.3) is 5.56 Å². The van der Waals surface area contributed by atoms with Crippen LogP contribution in [0.4, 0.5) is 4.39 Å². The monoisotopic (exact) mass is 441 g/mol. The van der Waals surface area contributed by atoms with E-state index in [0.717, 1.165) is 12.5 Å². The zero-order valence-electron chi connectivity index (χ0n) is 17.2. The van der Waals surface area contributed by atoms with Crippen LogP contribution in [0.15, 0.2) is 64.7 Å². The van der Waals surface area contributed by atoms with Crippen molar-refractivity contribution < 1.29 is 17.5 Å². The summed E-state index contributed by atoms with van der Waals surface area (Å²) in [6, 6.07) is 9.69. The van der Waals surface area contributed by atoms with E-state index in [4.69, 9.17) is 4.74 Å². The maximum absolute atomic E-state index is 13.5. The van der Waals surface area contributed by atoms with Crippen LogP contribution < -0.4 is 10.3 Å². The number of rotatable bonds is 5. The number of hydrogen-bond acceptors (Lipinski definition) is 5. The van der Waals surface area contributed by atoms with Gasteiger partial charge in [-0.1, -0.05) is 0 Å². The highest BCUT2D eigenvalue weighted by atomic mass is 32.2. The molecule has 0 aliphatic carbocycles. The summed E-state index contributed by atoms with van der Waals surface area (Å²) < 4.78 is 46.4. The number of sulfone groups is 1. The molecule has 7 nitrogen and oxygen atoms in total. The van der Waals surface area contributed by atoms with Crippen LogP contribution in [0.1, 0.15) is 6.92 Å². The molecule has 0 atom stereocenters. The van der Waals surface area contributed by atoms with Crippen molar-refractivity contribution in [3.8, 4) is 22.6 Å². The number of pyridine rings is 1. The van der Waals surface area contributed by atoms with Gasteiger partial charge in [-0.15, -0.1) is 0 Å². The number of halogens is 1.